The summed E-state index contributed by atoms with van der Waals surface area (Å²) in [6, 6.07) is 0.597. The Balaban J connectivity index is 2.39. The summed E-state index contributed by atoms with van der Waals surface area (Å²) < 4.78 is 0. The summed E-state index contributed by atoms with van der Waals surface area (Å²) in [4.78, 5) is 2.66. The predicted molar refractivity (Wildman–Crippen MR) is 76.4 cm³/mol. The Morgan fingerprint density at radius 2 is 1.94 bits per heavy atom. The van der Waals surface area contributed by atoms with E-state index in [1.165, 1.54) is 38.9 Å². The summed E-state index contributed by atoms with van der Waals surface area (Å²) in [7, 11) is 0. The van der Waals surface area contributed by atoms with Gasteiger partial charge in [-0.25, -0.2) is 0 Å². The topological polar surface area (TPSA) is 15.3 Å². The third-order valence-electron chi connectivity index (χ3n) is 4.06. The van der Waals surface area contributed by atoms with E-state index in [1.54, 1.807) is 0 Å². The third-order valence-corrected chi connectivity index (χ3v) is 4.06. The van der Waals surface area contributed by atoms with Crippen LogP contribution in [-0.4, -0.2) is 37.1 Å². The highest BCUT2D eigenvalue weighted by atomic mass is 15.1. The van der Waals surface area contributed by atoms with E-state index in [0.717, 1.165) is 12.5 Å². The minimum atomic E-state index is 0.426. The van der Waals surface area contributed by atoms with E-state index >= 15 is 0 Å². The lowest BCUT2D eigenvalue weighted by molar-refractivity contribution is 0.153. The zero-order valence-electron chi connectivity index (χ0n) is 12.6. The molecule has 0 aromatic carbocycles. The van der Waals surface area contributed by atoms with Crippen LogP contribution in [0.1, 0.15) is 53.9 Å². The second-order valence-corrected chi connectivity index (χ2v) is 6.47. The Labute approximate surface area is 108 Å². The first-order valence-corrected chi connectivity index (χ1v) is 7.45. The molecular weight excluding hydrogens is 208 g/mol. The molecule has 0 bridgehead atoms. The molecule has 1 saturated carbocycles. The van der Waals surface area contributed by atoms with Crippen molar-refractivity contribution in [2.24, 2.45) is 11.3 Å². The van der Waals surface area contributed by atoms with Crippen molar-refractivity contribution in [2.45, 2.75) is 59.9 Å². The molecule has 0 aromatic rings. The van der Waals surface area contributed by atoms with E-state index in [-0.39, 0.29) is 0 Å². The summed E-state index contributed by atoms with van der Waals surface area (Å²) in [5.41, 5.74) is 0.426. The van der Waals surface area contributed by atoms with E-state index in [9.17, 15) is 0 Å². The Morgan fingerprint density at radius 1 is 1.29 bits per heavy atom. The number of nitrogens with one attached hydrogen (secondary N) is 1. The van der Waals surface area contributed by atoms with Crippen LogP contribution in [0.15, 0.2) is 0 Å². The van der Waals surface area contributed by atoms with Crippen molar-refractivity contribution < 1.29 is 0 Å². The normalized spacial score (nSPS) is 19.9. The Kier molecular flexibility index (Phi) is 5.94. The van der Waals surface area contributed by atoms with E-state index < -0.39 is 0 Å². The van der Waals surface area contributed by atoms with Crippen molar-refractivity contribution in [3.05, 3.63) is 0 Å². The third kappa shape index (κ3) is 5.87. The van der Waals surface area contributed by atoms with Crippen LogP contribution >= 0.6 is 0 Å². The highest BCUT2D eigenvalue weighted by molar-refractivity contribution is 4.83. The zero-order valence-corrected chi connectivity index (χ0v) is 12.6. The number of hydrogen-bond donors (Lipinski definition) is 1. The minimum absolute atomic E-state index is 0.426. The molecule has 1 rings (SSSR count). The molecule has 1 aliphatic rings. The van der Waals surface area contributed by atoms with Crippen molar-refractivity contribution in [1.29, 1.82) is 0 Å². The summed E-state index contributed by atoms with van der Waals surface area (Å²) in [6.45, 7) is 16.4. The van der Waals surface area contributed by atoms with Crippen LogP contribution in [0.5, 0.6) is 0 Å². The van der Waals surface area contributed by atoms with Crippen LogP contribution in [0, 0.1) is 11.3 Å². The van der Waals surface area contributed by atoms with Crippen molar-refractivity contribution >= 4 is 0 Å². The van der Waals surface area contributed by atoms with Crippen LogP contribution in [0.2, 0.25) is 0 Å². The average Bonchev–Trinajstić information content (AvgIpc) is 3.09. The molecule has 0 saturated heterocycles. The van der Waals surface area contributed by atoms with Crippen LogP contribution in [0.25, 0.3) is 0 Å². The molecular formula is C15H32N2. The van der Waals surface area contributed by atoms with Crippen molar-refractivity contribution in [3.8, 4) is 0 Å². The highest BCUT2D eigenvalue weighted by Crippen LogP contribution is 2.31. The van der Waals surface area contributed by atoms with Crippen LogP contribution in [0.4, 0.5) is 0 Å². The van der Waals surface area contributed by atoms with Gasteiger partial charge in [-0.05, 0) is 37.1 Å². The maximum Gasteiger partial charge on any atom is 0.00474 e. The van der Waals surface area contributed by atoms with E-state index in [2.05, 4.69) is 44.8 Å². The van der Waals surface area contributed by atoms with Gasteiger partial charge in [-0.15, -0.1) is 0 Å². The molecule has 0 spiro atoms. The van der Waals surface area contributed by atoms with Crippen molar-refractivity contribution in [3.63, 3.8) is 0 Å². The molecule has 0 aliphatic heterocycles. The largest absolute Gasteiger partial charge is 0.314 e. The zero-order chi connectivity index (χ0) is 12.9. The number of nitrogens with zero attached hydrogens (tertiary/aromatic N) is 1. The molecule has 1 aliphatic carbocycles. The van der Waals surface area contributed by atoms with Gasteiger partial charge >= 0.3 is 0 Å². The van der Waals surface area contributed by atoms with E-state index in [1.807, 2.05) is 0 Å². The van der Waals surface area contributed by atoms with Crippen molar-refractivity contribution in [1.82, 2.24) is 10.2 Å². The molecule has 0 amide bonds. The van der Waals surface area contributed by atoms with Gasteiger partial charge in [-0.1, -0.05) is 34.6 Å². The Morgan fingerprint density at radius 3 is 2.35 bits per heavy atom. The van der Waals surface area contributed by atoms with Gasteiger partial charge in [0.2, 0.25) is 0 Å². The molecule has 1 unspecified atom stereocenters. The fourth-order valence-corrected chi connectivity index (χ4v) is 2.25. The summed E-state index contributed by atoms with van der Waals surface area (Å²) in [6.07, 6.45) is 4.18. The second kappa shape index (κ2) is 6.75. The predicted octanol–water partition coefficient (Wildman–Crippen LogP) is 3.13. The average molecular weight is 240 g/mol. The maximum absolute atomic E-state index is 3.61. The maximum atomic E-state index is 3.61. The first kappa shape index (κ1) is 15.0. The molecule has 2 nitrogen and oxygen atoms in total. The molecule has 0 heterocycles. The SMILES string of the molecule is CCN(CC1CC1)CC(C)(CC)CNC(C)C. The van der Waals surface area contributed by atoms with Gasteiger partial charge in [0.05, 0.1) is 0 Å². The fourth-order valence-electron chi connectivity index (χ4n) is 2.25. The molecule has 102 valence electrons. The first-order chi connectivity index (χ1) is 7.99. The molecule has 2 heteroatoms. The van der Waals surface area contributed by atoms with Gasteiger partial charge in [-0.3, -0.25) is 0 Å². The molecule has 1 N–H and O–H groups in total. The lowest BCUT2D eigenvalue weighted by Crippen LogP contribution is -2.44. The standard InChI is InChI=1S/C15H32N2/c1-6-15(5,11-16-13(3)4)12-17(7-2)10-14-8-9-14/h13-14,16H,6-12H2,1-5H3. The fraction of sp³-hybridized carbons (Fsp3) is 1.00. The molecule has 0 aromatic heterocycles. The van der Waals surface area contributed by atoms with Crippen LogP contribution in [-0.2, 0) is 0 Å². The van der Waals surface area contributed by atoms with Gasteiger partial charge in [0.15, 0.2) is 0 Å². The van der Waals surface area contributed by atoms with E-state index in [4.69, 9.17) is 0 Å². The van der Waals surface area contributed by atoms with Gasteiger partial charge in [0, 0.05) is 25.7 Å². The van der Waals surface area contributed by atoms with Gasteiger partial charge < -0.3 is 10.2 Å². The lowest BCUT2D eigenvalue weighted by Gasteiger charge is -2.35. The van der Waals surface area contributed by atoms with Crippen molar-refractivity contribution in [2.75, 3.05) is 26.2 Å². The second-order valence-electron chi connectivity index (χ2n) is 6.47. The quantitative estimate of drug-likeness (QED) is 0.666. The van der Waals surface area contributed by atoms with Crippen LogP contribution in [0.3, 0.4) is 0 Å². The summed E-state index contributed by atoms with van der Waals surface area (Å²) in [5.74, 6) is 1.01. The number of rotatable bonds is 9. The minimum Gasteiger partial charge on any atom is -0.314 e. The first-order valence-electron chi connectivity index (χ1n) is 7.45. The van der Waals surface area contributed by atoms with Gasteiger partial charge in [-0.2, -0.15) is 0 Å². The number of hydrogen-bond acceptors (Lipinski definition) is 2. The smallest absolute Gasteiger partial charge is 0.00474 e. The van der Waals surface area contributed by atoms with Gasteiger partial charge in [0.25, 0.3) is 0 Å². The summed E-state index contributed by atoms with van der Waals surface area (Å²) >= 11 is 0. The molecule has 1 atom stereocenters. The monoisotopic (exact) mass is 240 g/mol. The Hall–Kier alpha value is -0.0800. The summed E-state index contributed by atoms with van der Waals surface area (Å²) in [5, 5.41) is 3.61. The lowest BCUT2D eigenvalue weighted by atomic mass is 9.86. The Bertz CT molecular complexity index is 211. The van der Waals surface area contributed by atoms with Gasteiger partial charge in [0.1, 0.15) is 0 Å². The van der Waals surface area contributed by atoms with E-state index in [0.29, 0.717) is 11.5 Å². The molecule has 0 radical (unpaired) electrons. The molecule has 17 heavy (non-hydrogen) atoms. The van der Waals surface area contributed by atoms with Crippen LogP contribution < -0.4 is 5.32 Å². The highest BCUT2D eigenvalue weighted by Gasteiger charge is 2.29. The molecule has 1 fully saturated rings.